The van der Waals surface area contributed by atoms with E-state index in [4.69, 9.17) is 0 Å². The third-order valence-electron chi connectivity index (χ3n) is 5.58. The van der Waals surface area contributed by atoms with Gasteiger partial charge in [-0.1, -0.05) is 25.7 Å². The third-order valence-corrected chi connectivity index (χ3v) is 5.58. The Labute approximate surface area is 111 Å². The minimum atomic E-state index is -0.0951. The molecule has 104 valence electrons. The highest BCUT2D eigenvalue weighted by Crippen LogP contribution is 2.33. The fraction of sp³-hybridized carbons (Fsp3) is 1.00. The summed E-state index contributed by atoms with van der Waals surface area (Å²) in [6, 6.07) is 0.656. The third kappa shape index (κ3) is 2.59. The minimum absolute atomic E-state index is 0.0951. The lowest BCUT2D eigenvalue weighted by Gasteiger charge is -2.27. The first-order chi connectivity index (χ1) is 8.74. The average molecular weight is 252 g/mol. The summed E-state index contributed by atoms with van der Waals surface area (Å²) in [7, 11) is 0. The molecule has 3 nitrogen and oxygen atoms in total. The number of likely N-dealkylation sites (tertiary alicyclic amines) is 1. The number of fused-ring (bicyclic) bond motifs is 1. The second-order valence-corrected chi connectivity index (χ2v) is 6.82. The number of aliphatic hydroxyl groups is 1. The zero-order chi connectivity index (χ0) is 12.5. The molecule has 2 heterocycles. The molecule has 3 heteroatoms. The summed E-state index contributed by atoms with van der Waals surface area (Å²) in [5, 5.41) is 13.8. The van der Waals surface area contributed by atoms with E-state index in [0.29, 0.717) is 6.04 Å². The highest BCUT2D eigenvalue weighted by Gasteiger charge is 2.42. The standard InChI is InChI=1S/C15H28N2O/c1-11-15-8-16-7-13(15)9-17(11)10-14(18)6-12-4-2-3-5-12/h11-16,18H,2-10H2,1H3. The van der Waals surface area contributed by atoms with Crippen molar-refractivity contribution in [2.45, 2.75) is 51.2 Å². The van der Waals surface area contributed by atoms with E-state index in [2.05, 4.69) is 17.1 Å². The van der Waals surface area contributed by atoms with Gasteiger partial charge in [-0.25, -0.2) is 0 Å². The van der Waals surface area contributed by atoms with Gasteiger partial charge < -0.3 is 10.4 Å². The predicted octanol–water partition coefficient (Wildman–Crippen LogP) is 1.47. The van der Waals surface area contributed by atoms with Crippen molar-refractivity contribution in [1.29, 1.82) is 0 Å². The molecule has 2 N–H and O–H groups in total. The summed E-state index contributed by atoms with van der Waals surface area (Å²) in [6.07, 6.45) is 6.41. The Morgan fingerprint density at radius 1 is 1.28 bits per heavy atom. The van der Waals surface area contributed by atoms with E-state index >= 15 is 0 Å². The van der Waals surface area contributed by atoms with E-state index in [1.54, 1.807) is 0 Å². The second-order valence-electron chi connectivity index (χ2n) is 6.82. The van der Waals surface area contributed by atoms with Crippen molar-refractivity contribution in [2.24, 2.45) is 17.8 Å². The lowest BCUT2D eigenvalue weighted by atomic mass is 9.95. The average Bonchev–Trinajstić information content (AvgIpc) is 3.01. The second kappa shape index (κ2) is 5.48. The lowest BCUT2D eigenvalue weighted by molar-refractivity contribution is 0.0834. The summed E-state index contributed by atoms with van der Waals surface area (Å²) in [5.74, 6) is 2.46. The van der Waals surface area contributed by atoms with Crippen LogP contribution >= 0.6 is 0 Å². The molecule has 0 spiro atoms. The molecule has 0 aromatic heterocycles. The van der Waals surface area contributed by atoms with Gasteiger partial charge in [0, 0.05) is 19.1 Å². The van der Waals surface area contributed by atoms with Crippen molar-refractivity contribution in [2.75, 3.05) is 26.2 Å². The fourth-order valence-corrected chi connectivity index (χ4v) is 4.47. The quantitative estimate of drug-likeness (QED) is 0.795. The van der Waals surface area contributed by atoms with Crippen LogP contribution in [0.2, 0.25) is 0 Å². The normalized spacial score (nSPS) is 39.3. The van der Waals surface area contributed by atoms with E-state index < -0.39 is 0 Å². The zero-order valence-corrected chi connectivity index (χ0v) is 11.6. The van der Waals surface area contributed by atoms with Gasteiger partial charge in [0.1, 0.15) is 0 Å². The monoisotopic (exact) mass is 252 g/mol. The number of hydrogen-bond acceptors (Lipinski definition) is 3. The van der Waals surface area contributed by atoms with Gasteiger partial charge in [-0.2, -0.15) is 0 Å². The predicted molar refractivity (Wildman–Crippen MR) is 73.5 cm³/mol. The minimum Gasteiger partial charge on any atom is -0.392 e. The van der Waals surface area contributed by atoms with Crippen molar-refractivity contribution in [3.8, 4) is 0 Å². The van der Waals surface area contributed by atoms with Gasteiger partial charge in [-0.15, -0.1) is 0 Å². The highest BCUT2D eigenvalue weighted by atomic mass is 16.3. The summed E-state index contributed by atoms with van der Waals surface area (Å²) in [6.45, 7) is 6.82. The van der Waals surface area contributed by atoms with Crippen LogP contribution in [0.15, 0.2) is 0 Å². The van der Waals surface area contributed by atoms with E-state index in [-0.39, 0.29) is 6.10 Å². The largest absolute Gasteiger partial charge is 0.392 e. The number of β-amino-alcohol motifs (C(OH)–C–C–N with tert-alkyl or cyclic N) is 1. The fourth-order valence-electron chi connectivity index (χ4n) is 4.47. The summed E-state index contributed by atoms with van der Waals surface area (Å²) < 4.78 is 0. The van der Waals surface area contributed by atoms with E-state index in [1.165, 1.54) is 45.3 Å². The molecular weight excluding hydrogens is 224 g/mol. The molecule has 4 atom stereocenters. The van der Waals surface area contributed by atoms with E-state index in [9.17, 15) is 5.11 Å². The van der Waals surface area contributed by atoms with Gasteiger partial charge in [0.2, 0.25) is 0 Å². The van der Waals surface area contributed by atoms with Gasteiger partial charge in [-0.3, -0.25) is 4.90 Å². The lowest BCUT2D eigenvalue weighted by Crippen LogP contribution is -2.39. The van der Waals surface area contributed by atoms with Crippen LogP contribution in [0.4, 0.5) is 0 Å². The van der Waals surface area contributed by atoms with Crippen molar-refractivity contribution in [3.05, 3.63) is 0 Å². The molecule has 3 rings (SSSR count). The van der Waals surface area contributed by atoms with Crippen LogP contribution in [0.25, 0.3) is 0 Å². The smallest absolute Gasteiger partial charge is 0.0669 e. The molecule has 3 fully saturated rings. The molecule has 1 saturated carbocycles. The molecule has 1 aliphatic carbocycles. The number of hydrogen-bond donors (Lipinski definition) is 2. The molecule has 2 aliphatic heterocycles. The highest BCUT2D eigenvalue weighted by molar-refractivity contribution is 4.97. The van der Waals surface area contributed by atoms with Crippen molar-refractivity contribution >= 4 is 0 Å². The molecule has 0 aromatic carbocycles. The molecule has 0 radical (unpaired) electrons. The van der Waals surface area contributed by atoms with Gasteiger partial charge in [0.25, 0.3) is 0 Å². The van der Waals surface area contributed by atoms with Crippen LogP contribution in [0.1, 0.15) is 39.0 Å². The summed E-state index contributed by atoms with van der Waals surface area (Å²) in [4.78, 5) is 2.54. The first-order valence-electron chi connectivity index (χ1n) is 7.87. The Bertz CT molecular complexity index is 278. The first kappa shape index (κ1) is 12.9. The van der Waals surface area contributed by atoms with Crippen molar-refractivity contribution < 1.29 is 5.11 Å². The Hall–Kier alpha value is -0.120. The molecule has 0 aromatic rings. The van der Waals surface area contributed by atoms with E-state index in [1.807, 2.05) is 0 Å². The van der Waals surface area contributed by atoms with Crippen molar-refractivity contribution in [3.63, 3.8) is 0 Å². The molecule has 0 amide bonds. The SMILES string of the molecule is CC1C2CNCC2CN1CC(O)CC1CCCC1. The van der Waals surface area contributed by atoms with Crippen LogP contribution < -0.4 is 5.32 Å². The Balaban J connectivity index is 1.47. The van der Waals surface area contributed by atoms with Crippen molar-refractivity contribution in [1.82, 2.24) is 10.2 Å². The van der Waals surface area contributed by atoms with Crippen LogP contribution in [0, 0.1) is 17.8 Å². The number of nitrogens with zero attached hydrogens (tertiary/aromatic N) is 1. The van der Waals surface area contributed by atoms with Crippen LogP contribution in [-0.4, -0.2) is 48.3 Å². The molecule has 3 aliphatic rings. The number of rotatable bonds is 4. The van der Waals surface area contributed by atoms with Crippen LogP contribution in [0.5, 0.6) is 0 Å². The molecule has 0 bridgehead atoms. The molecule has 2 saturated heterocycles. The van der Waals surface area contributed by atoms with Gasteiger partial charge in [0.05, 0.1) is 6.10 Å². The summed E-state index contributed by atoms with van der Waals surface area (Å²) in [5.41, 5.74) is 0. The maximum atomic E-state index is 10.3. The molecular formula is C15H28N2O. The number of aliphatic hydroxyl groups excluding tert-OH is 1. The zero-order valence-electron chi connectivity index (χ0n) is 11.6. The summed E-state index contributed by atoms with van der Waals surface area (Å²) >= 11 is 0. The number of nitrogens with one attached hydrogen (secondary N) is 1. The van der Waals surface area contributed by atoms with Crippen LogP contribution in [-0.2, 0) is 0 Å². The first-order valence-corrected chi connectivity index (χ1v) is 7.87. The topological polar surface area (TPSA) is 35.5 Å². The van der Waals surface area contributed by atoms with Crippen LogP contribution in [0.3, 0.4) is 0 Å². The Morgan fingerprint density at radius 2 is 2.06 bits per heavy atom. The van der Waals surface area contributed by atoms with E-state index in [0.717, 1.165) is 30.7 Å². The molecule has 18 heavy (non-hydrogen) atoms. The van der Waals surface area contributed by atoms with Gasteiger partial charge in [0.15, 0.2) is 0 Å². The Morgan fingerprint density at radius 3 is 2.78 bits per heavy atom. The van der Waals surface area contributed by atoms with Gasteiger partial charge >= 0.3 is 0 Å². The molecule has 4 unspecified atom stereocenters. The van der Waals surface area contributed by atoms with Gasteiger partial charge in [-0.05, 0) is 44.2 Å². The Kier molecular flexibility index (Phi) is 3.92. The maximum absolute atomic E-state index is 10.3. The maximum Gasteiger partial charge on any atom is 0.0669 e.